The molecule has 19 heavy (non-hydrogen) atoms. The molecule has 2 rings (SSSR count). The molecular weight excluding hydrogens is 266 g/mol. The van der Waals surface area contributed by atoms with Crippen LogP contribution >= 0.6 is 11.6 Å². The van der Waals surface area contributed by atoms with Crippen LogP contribution in [0.15, 0.2) is 24.3 Å². The zero-order valence-electron chi connectivity index (χ0n) is 10.6. The van der Waals surface area contributed by atoms with Crippen LogP contribution in [0, 0.1) is 0 Å². The van der Waals surface area contributed by atoms with Crippen molar-refractivity contribution in [3.63, 3.8) is 0 Å². The summed E-state index contributed by atoms with van der Waals surface area (Å²) in [6, 6.07) is 6.74. The predicted octanol–water partition coefficient (Wildman–Crippen LogP) is 0.781. The topological polar surface area (TPSA) is 61.4 Å². The van der Waals surface area contributed by atoms with Crippen LogP contribution in [-0.2, 0) is 9.59 Å². The zero-order valence-corrected chi connectivity index (χ0v) is 11.4. The average Bonchev–Trinajstić information content (AvgIpc) is 2.72. The molecule has 2 amide bonds. The van der Waals surface area contributed by atoms with Gasteiger partial charge in [0.25, 0.3) is 0 Å². The lowest BCUT2D eigenvalue weighted by Crippen LogP contribution is -2.44. The predicted molar refractivity (Wildman–Crippen MR) is 74.3 cm³/mol. The summed E-state index contributed by atoms with van der Waals surface area (Å²) in [7, 11) is 1.69. The van der Waals surface area contributed by atoms with E-state index in [4.69, 9.17) is 11.6 Å². The van der Waals surface area contributed by atoms with E-state index in [-0.39, 0.29) is 18.4 Å². The summed E-state index contributed by atoms with van der Waals surface area (Å²) in [5, 5.41) is 6.00. The summed E-state index contributed by atoms with van der Waals surface area (Å²) < 4.78 is 0. The molecular formula is C13H16ClN3O2. The number of para-hydroxylation sites is 1. The number of amides is 2. The van der Waals surface area contributed by atoms with E-state index in [2.05, 4.69) is 10.6 Å². The third-order valence-electron chi connectivity index (χ3n) is 3.02. The molecule has 0 bridgehead atoms. The third-order valence-corrected chi connectivity index (χ3v) is 3.34. The highest BCUT2D eigenvalue weighted by molar-refractivity contribution is 6.34. The molecule has 1 unspecified atom stereocenters. The number of hydrogen-bond acceptors (Lipinski definition) is 3. The fourth-order valence-corrected chi connectivity index (χ4v) is 2.37. The van der Waals surface area contributed by atoms with Crippen LogP contribution in [0.4, 0.5) is 5.69 Å². The second kappa shape index (κ2) is 6.04. The fourth-order valence-electron chi connectivity index (χ4n) is 2.13. The number of rotatable bonds is 4. The molecule has 1 aromatic rings. The summed E-state index contributed by atoms with van der Waals surface area (Å²) in [4.78, 5) is 25.3. The smallest absolute Gasteiger partial charge is 0.249 e. The standard InChI is InChI=1S/C13H16ClN3O2/c1-15-8-12(18)16-10-6-7-17(13(10)19)11-5-3-2-4-9(11)14/h2-5,10,15H,6-8H2,1H3,(H,16,18). The normalized spacial score (nSPS) is 18.7. The lowest BCUT2D eigenvalue weighted by Gasteiger charge is -2.18. The van der Waals surface area contributed by atoms with E-state index < -0.39 is 6.04 Å². The maximum Gasteiger partial charge on any atom is 0.249 e. The molecule has 0 radical (unpaired) electrons. The van der Waals surface area contributed by atoms with Gasteiger partial charge in [-0.25, -0.2) is 0 Å². The van der Waals surface area contributed by atoms with Crippen LogP contribution < -0.4 is 15.5 Å². The zero-order chi connectivity index (χ0) is 13.8. The fraction of sp³-hybridized carbons (Fsp3) is 0.385. The highest BCUT2D eigenvalue weighted by Gasteiger charge is 2.34. The van der Waals surface area contributed by atoms with E-state index in [9.17, 15) is 9.59 Å². The Balaban J connectivity index is 2.06. The number of halogens is 1. The Hall–Kier alpha value is -1.59. The minimum atomic E-state index is -0.461. The van der Waals surface area contributed by atoms with Gasteiger partial charge in [0, 0.05) is 6.54 Å². The maximum absolute atomic E-state index is 12.2. The Morgan fingerprint density at radius 2 is 2.21 bits per heavy atom. The van der Waals surface area contributed by atoms with Crippen molar-refractivity contribution in [2.24, 2.45) is 0 Å². The van der Waals surface area contributed by atoms with Crippen LogP contribution in [-0.4, -0.2) is 38.0 Å². The first-order valence-electron chi connectivity index (χ1n) is 6.13. The number of likely N-dealkylation sites (N-methyl/N-ethyl adjacent to an activating group) is 1. The van der Waals surface area contributed by atoms with Crippen LogP contribution in [0.5, 0.6) is 0 Å². The van der Waals surface area contributed by atoms with E-state index in [1.54, 1.807) is 24.1 Å². The van der Waals surface area contributed by atoms with Gasteiger partial charge in [-0.05, 0) is 25.6 Å². The monoisotopic (exact) mass is 281 g/mol. The van der Waals surface area contributed by atoms with E-state index >= 15 is 0 Å². The van der Waals surface area contributed by atoms with Gasteiger partial charge in [-0.3, -0.25) is 9.59 Å². The molecule has 0 saturated carbocycles. The van der Waals surface area contributed by atoms with Crippen LogP contribution in [0.3, 0.4) is 0 Å². The Kier molecular flexibility index (Phi) is 4.39. The third kappa shape index (κ3) is 3.05. The number of benzene rings is 1. The Morgan fingerprint density at radius 1 is 1.47 bits per heavy atom. The summed E-state index contributed by atoms with van der Waals surface area (Å²) >= 11 is 6.08. The van der Waals surface area contributed by atoms with E-state index in [1.165, 1.54) is 0 Å². The molecule has 1 fully saturated rings. The number of hydrogen-bond donors (Lipinski definition) is 2. The number of anilines is 1. The van der Waals surface area contributed by atoms with Crippen molar-refractivity contribution in [2.75, 3.05) is 25.0 Å². The van der Waals surface area contributed by atoms with Crippen LogP contribution in [0.1, 0.15) is 6.42 Å². The molecule has 1 atom stereocenters. The average molecular weight is 282 g/mol. The Labute approximate surface area is 116 Å². The highest BCUT2D eigenvalue weighted by atomic mass is 35.5. The molecule has 1 saturated heterocycles. The quantitative estimate of drug-likeness (QED) is 0.857. The van der Waals surface area contributed by atoms with Gasteiger partial charge >= 0.3 is 0 Å². The molecule has 0 aromatic heterocycles. The second-order valence-electron chi connectivity index (χ2n) is 4.38. The molecule has 1 aliphatic heterocycles. The lowest BCUT2D eigenvalue weighted by molar-refractivity contribution is -0.125. The van der Waals surface area contributed by atoms with Crippen LogP contribution in [0.2, 0.25) is 5.02 Å². The summed E-state index contributed by atoms with van der Waals surface area (Å²) in [6.07, 6.45) is 0.597. The van der Waals surface area contributed by atoms with Crippen molar-refractivity contribution in [1.82, 2.24) is 10.6 Å². The number of nitrogens with one attached hydrogen (secondary N) is 2. The van der Waals surface area contributed by atoms with E-state index in [0.717, 1.165) is 0 Å². The first kappa shape index (κ1) is 13.8. The minimum Gasteiger partial charge on any atom is -0.343 e. The van der Waals surface area contributed by atoms with Gasteiger partial charge in [0.1, 0.15) is 6.04 Å². The molecule has 2 N–H and O–H groups in total. The van der Waals surface area contributed by atoms with Gasteiger partial charge in [0.2, 0.25) is 11.8 Å². The SMILES string of the molecule is CNCC(=O)NC1CCN(c2ccccc2Cl)C1=O. The molecule has 1 heterocycles. The maximum atomic E-state index is 12.2. The second-order valence-corrected chi connectivity index (χ2v) is 4.79. The highest BCUT2D eigenvalue weighted by Crippen LogP contribution is 2.28. The van der Waals surface area contributed by atoms with Gasteiger partial charge in [-0.1, -0.05) is 23.7 Å². The van der Waals surface area contributed by atoms with E-state index in [0.29, 0.717) is 23.7 Å². The molecule has 0 spiro atoms. The van der Waals surface area contributed by atoms with E-state index in [1.807, 2.05) is 12.1 Å². The van der Waals surface area contributed by atoms with Gasteiger partial charge in [0.15, 0.2) is 0 Å². The molecule has 102 valence electrons. The summed E-state index contributed by atoms with van der Waals surface area (Å²) in [5.41, 5.74) is 0.694. The van der Waals surface area contributed by atoms with Crippen molar-refractivity contribution < 1.29 is 9.59 Å². The Morgan fingerprint density at radius 3 is 2.89 bits per heavy atom. The molecule has 1 aliphatic rings. The van der Waals surface area contributed by atoms with Gasteiger partial charge in [-0.2, -0.15) is 0 Å². The molecule has 0 aliphatic carbocycles. The number of nitrogens with zero attached hydrogens (tertiary/aromatic N) is 1. The molecule has 5 nitrogen and oxygen atoms in total. The van der Waals surface area contributed by atoms with Gasteiger partial charge < -0.3 is 15.5 Å². The lowest BCUT2D eigenvalue weighted by atomic mass is 10.2. The molecule has 6 heteroatoms. The van der Waals surface area contributed by atoms with Gasteiger partial charge in [0.05, 0.1) is 17.3 Å². The van der Waals surface area contributed by atoms with Crippen LogP contribution in [0.25, 0.3) is 0 Å². The van der Waals surface area contributed by atoms with Gasteiger partial charge in [-0.15, -0.1) is 0 Å². The molecule has 1 aromatic carbocycles. The summed E-state index contributed by atoms with van der Waals surface area (Å²) in [6.45, 7) is 0.767. The van der Waals surface area contributed by atoms with Crippen molar-refractivity contribution in [3.8, 4) is 0 Å². The minimum absolute atomic E-state index is 0.113. The first-order chi connectivity index (χ1) is 9.13. The van der Waals surface area contributed by atoms with Crippen molar-refractivity contribution >= 4 is 29.1 Å². The largest absolute Gasteiger partial charge is 0.343 e. The number of carbonyl (C=O) groups excluding carboxylic acids is 2. The van der Waals surface area contributed by atoms with Crippen molar-refractivity contribution in [2.45, 2.75) is 12.5 Å². The first-order valence-corrected chi connectivity index (χ1v) is 6.51. The number of carbonyl (C=O) groups is 2. The Bertz CT molecular complexity index is 493. The summed E-state index contributed by atoms with van der Waals surface area (Å²) in [5.74, 6) is -0.292. The van der Waals surface area contributed by atoms with Crippen molar-refractivity contribution in [1.29, 1.82) is 0 Å². The van der Waals surface area contributed by atoms with Crippen molar-refractivity contribution in [3.05, 3.63) is 29.3 Å².